The maximum Gasteiger partial charge on any atom is 0.129 e. The van der Waals surface area contributed by atoms with Crippen LogP contribution in [0.15, 0.2) is 0 Å². The fourth-order valence-corrected chi connectivity index (χ4v) is 2.07. The molecular formula is C11H21NO2. The van der Waals surface area contributed by atoms with E-state index in [-0.39, 0.29) is 5.78 Å². The van der Waals surface area contributed by atoms with E-state index in [1.807, 2.05) is 6.92 Å². The monoisotopic (exact) mass is 199 g/mol. The highest BCUT2D eigenvalue weighted by atomic mass is 16.3. The Morgan fingerprint density at radius 1 is 1.57 bits per heavy atom. The molecule has 1 N–H and O–H groups in total. The highest BCUT2D eigenvalue weighted by Gasteiger charge is 2.27. The van der Waals surface area contributed by atoms with E-state index in [4.69, 9.17) is 0 Å². The highest BCUT2D eigenvalue weighted by Crippen LogP contribution is 2.20. The summed E-state index contributed by atoms with van der Waals surface area (Å²) in [5.74, 6) is 0.258. The second-order valence-corrected chi connectivity index (χ2v) is 4.68. The van der Waals surface area contributed by atoms with Crippen molar-refractivity contribution >= 4 is 5.78 Å². The molecule has 0 aromatic heterocycles. The van der Waals surface area contributed by atoms with Gasteiger partial charge in [0.2, 0.25) is 0 Å². The molecule has 0 saturated carbocycles. The molecule has 1 fully saturated rings. The van der Waals surface area contributed by atoms with Gasteiger partial charge in [0.15, 0.2) is 0 Å². The fraction of sp³-hybridized carbons (Fsp3) is 0.909. The van der Waals surface area contributed by atoms with Crippen molar-refractivity contribution < 1.29 is 9.90 Å². The lowest BCUT2D eigenvalue weighted by Crippen LogP contribution is -2.46. The minimum Gasteiger partial charge on any atom is -0.389 e. The Morgan fingerprint density at radius 2 is 2.29 bits per heavy atom. The van der Waals surface area contributed by atoms with Crippen LogP contribution in [0.4, 0.5) is 0 Å². The van der Waals surface area contributed by atoms with Gasteiger partial charge in [0, 0.05) is 13.0 Å². The van der Waals surface area contributed by atoms with Crippen molar-refractivity contribution in [3.8, 4) is 0 Å². The maximum atomic E-state index is 10.7. The molecule has 0 amide bonds. The van der Waals surface area contributed by atoms with E-state index in [2.05, 4.69) is 4.90 Å². The zero-order valence-electron chi connectivity index (χ0n) is 9.25. The molecule has 82 valence electrons. The molecule has 3 nitrogen and oxygen atoms in total. The van der Waals surface area contributed by atoms with Crippen LogP contribution in [-0.2, 0) is 4.79 Å². The third kappa shape index (κ3) is 4.20. The fourth-order valence-electron chi connectivity index (χ4n) is 2.07. The summed E-state index contributed by atoms with van der Waals surface area (Å²) in [5.41, 5.74) is -0.519. The van der Waals surface area contributed by atoms with E-state index >= 15 is 0 Å². The van der Waals surface area contributed by atoms with Gasteiger partial charge in [0.1, 0.15) is 5.78 Å². The van der Waals surface area contributed by atoms with Crippen LogP contribution in [0, 0.1) is 0 Å². The average Bonchev–Trinajstić information content (AvgIpc) is 2.01. The van der Waals surface area contributed by atoms with Crippen LogP contribution in [0.25, 0.3) is 0 Å². The molecule has 3 heteroatoms. The van der Waals surface area contributed by atoms with Crippen LogP contribution in [0.2, 0.25) is 0 Å². The number of nitrogens with zero attached hydrogens (tertiary/aromatic N) is 1. The predicted molar refractivity (Wildman–Crippen MR) is 56.2 cm³/mol. The van der Waals surface area contributed by atoms with Crippen molar-refractivity contribution in [3.05, 3.63) is 0 Å². The maximum absolute atomic E-state index is 10.7. The summed E-state index contributed by atoms with van der Waals surface area (Å²) < 4.78 is 0. The van der Waals surface area contributed by atoms with Gasteiger partial charge in [-0.1, -0.05) is 0 Å². The lowest BCUT2D eigenvalue weighted by atomic mass is 9.95. The second kappa shape index (κ2) is 4.89. The third-order valence-corrected chi connectivity index (χ3v) is 2.76. The van der Waals surface area contributed by atoms with E-state index in [1.54, 1.807) is 6.92 Å². The zero-order chi connectivity index (χ0) is 10.6. The number of piperidine rings is 1. The molecule has 0 spiro atoms. The first-order valence-electron chi connectivity index (χ1n) is 5.44. The van der Waals surface area contributed by atoms with Gasteiger partial charge in [-0.2, -0.15) is 0 Å². The van der Waals surface area contributed by atoms with Crippen LogP contribution < -0.4 is 0 Å². The summed E-state index contributed by atoms with van der Waals surface area (Å²) >= 11 is 0. The summed E-state index contributed by atoms with van der Waals surface area (Å²) in [5, 5.41) is 9.84. The topological polar surface area (TPSA) is 40.5 Å². The smallest absolute Gasteiger partial charge is 0.129 e. The van der Waals surface area contributed by atoms with Gasteiger partial charge < -0.3 is 14.8 Å². The van der Waals surface area contributed by atoms with Gasteiger partial charge in [-0.05, 0) is 46.2 Å². The molecule has 0 bridgehead atoms. The van der Waals surface area contributed by atoms with Crippen LogP contribution in [0.1, 0.15) is 39.5 Å². The summed E-state index contributed by atoms with van der Waals surface area (Å²) in [7, 11) is 0. The second-order valence-electron chi connectivity index (χ2n) is 4.68. The Kier molecular flexibility index (Phi) is 4.08. The van der Waals surface area contributed by atoms with E-state index < -0.39 is 5.60 Å². The number of β-amino-alcohol motifs (C(OH)–C–C–N with tert-alkyl or cyclic N) is 1. The number of hydrogen-bond acceptors (Lipinski definition) is 3. The van der Waals surface area contributed by atoms with Crippen LogP contribution in [-0.4, -0.2) is 41.0 Å². The van der Waals surface area contributed by atoms with Crippen molar-refractivity contribution in [2.75, 3.05) is 19.6 Å². The quantitative estimate of drug-likeness (QED) is 0.739. The Hall–Kier alpha value is -0.410. The van der Waals surface area contributed by atoms with E-state index in [9.17, 15) is 9.90 Å². The minimum absolute atomic E-state index is 0.258. The molecule has 0 radical (unpaired) electrons. The Morgan fingerprint density at radius 3 is 2.86 bits per heavy atom. The summed E-state index contributed by atoms with van der Waals surface area (Å²) in [6, 6.07) is 0. The lowest BCUT2D eigenvalue weighted by Gasteiger charge is -2.36. The predicted octanol–water partition coefficient (Wildman–Crippen LogP) is 1.20. The van der Waals surface area contributed by atoms with Crippen molar-refractivity contribution in [3.63, 3.8) is 0 Å². The normalized spacial score (nSPS) is 29.1. The van der Waals surface area contributed by atoms with Gasteiger partial charge in [-0.25, -0.2) is 0 Å². The number of carbonyl (C=O) groups is 1. The lowest BCUT2D eigenvalue weighted by molar-refractivity contribution is -0.117. The molecule has 0 aromatic rings. The Bertz CT molecular complexity index is 201. The van der Waals surface area contributed by atoms with Gasteiger partial charge >= 0.3 is 0 Å². The summed E-state index contributed by atoms with van der Waals surface area (Å²) in [4.78, 5) is 13.0. The number of hydrogen-bond donors (Lipinski definition) is 1. The molecule has 1 aliphatic rings. The first kappa shape index (κ1) is 11.7. The first-order valence-corrected chi connectivity index (χ1v) is 5.44. The number of likely N-dealkylation sites (tertiary alicyclic amines) is 1. The third-order valence-electron chi connectivity index (χ3n) is 2.76. The van der Waals surface area contributed by atoms with E-state index in [0.717, 1.165) is 38.9 Å². The molecule has 1 saturated heterocycles. The van der Waals surface area contributed by atoms with Crippen molar-refractivity contribution in [2.45, 2.75) is 45.1 Å². The van der Waals surface area contributed by atoms with Crippen LogP contribution in [0.3, 0.4) is 0 Å². The molecule has 1 heterocycles. The van der Waals surface area contributed by atoms with E-state index in [1.165, 1.54) is 0 Å². The number of ketones is 1. The van der Waals surface area contributed by atoms with E-state index in [0.29, 0.717) is 6.42 Å². The number of rotatable bonds is 4. The molecule has 0 aromatic carbocycles. The molecule has 1 aliphatic heterocycles. The first-order chi connectivity index (χ1) is 6.49. The van der Waals surface area contributed by atoms with Gasteiger partial charge in [-0.15, -0.1) is 0 Å². The molecule has 1 unspecified atom stereocenters. The standard InChI is InChI=1S/C11H21NO2/c1-10(13)5-3-7-12-8-4-6-11(2,14)9-12/h14H,3-9H2,1-2H3. The minimum atomic E-state index is -0.519. The number of Topliss-reactive ketones (excluding diaryl/α,β-unsaturated/α-hetero) is 1. The zero-order valence-corrected chi connectivity index (χ0v) is 9.25. The largest absolute Gasteiger partial charge is 0.389 e. The molecular weight excluding hydrogens is 178 g/mol. The summed E-state index contributed by atoms with van der Waals surface area (Å²) in [6.07, 6.45) is 3.55. The summed E-state index contributed by atoms with van der Waals surface area (Å²) in [6.45, 7) is 6.28. The molecule has 1 atom stereocenters. The van der Waals surface area contributed by atoms with Gasteiger partial charge in [0.25, 0.3) is 0 Å². The van der Waals surface area contributed by atoms with Crippen molar-refractivity contribution in [1.82, 2.24) is 4.90 Å². The Labute approximate surface area is 86.1 Å². The van der Waals surface area contributed by atoms with Crippen molar-refractivity contribution in [2.24, 2.45) is 0 Å². The molecule has 1 rings (SSSR count). The number of carbonyl (C=O) groups excluding carboxylic acids is 1. The van der Waals surface area contributed by atoms with Crippen LogP contribution >= 0.6 is 0 Å². The van der Waals surface area contributed by atoms with Gasteiger partial charge in [0.05, 0.1) is 5.60 Å². The highest BCUT2D eigenvalue weighted by molar-refractivity contribution is 5.75. The molecule has 14 heavy (non-hydrogen) atoms. The van der Waals surface area contributed by atoms with Crippen LogP contribution in [0.5, 0.6) is 0 Å². The van der Waals surface area contributed by atoms with Gasteiger partial charge in [-0.3, -0.25) is 0 Å². The van der Waals surface area contributed by atoms with Crippen molar-refractivity contribution in [1.29, 1.82) is 0 Å². The average molecular weight is 199 g/mol. The number of aliphatic hydroxyl groups is 1. The SMILES string of the molecule is CC(=O)CCCN1CCCC(C)(O)C1. The molecule has 0 aliphatic carbocycles. The Balaban J connectivity index is 2.21.